The monoisotopic (exact) mass is 205 g/mol. The summed E-state index contributed by atoms with van der Waals surface area (Å²) in [5, 5.41) is 3.46. The van der Waals surface area contributed by atoms with Crippen molar-refractivity contribution in [2.75, 3.05) is 0 Å². The molecule has 1 heterocycles. The molecule has 4 nitrogen and oxygen atoms in total. The van der Waals surface area contributed by atoms with Crippen molar-refractivity contribution in [3.05, 3.63) is 29.6 Å². The fraction of sp³-hybridized carbons (Fsp3) is 0.455. The normalized spacial score (nSPS) is 17.4. The molecule has 1 atom stereocenters. The molecule has 0 aromatic carbocycles. The van der Waals surface area contributed by atoms with Gasteiger partial charge in [-0.25, -0.2) is 0 Å². The van der Waals surface area contributed by atoms with E-state index in [0.717, 1.165) is 5.56 Å². The Labute approximate surface area is 88.9 Å². The van der Waals surface area contributed by atoms with E-state index in [9.17, 15) is 4.79 Å². The summed E-state index contributed by atoms with van der Waals surface area (Å²) in [6.45, 7) is 2.10. The van der Waals surface area contributed by atoms with E-state index in [1.165, 1.54) is 12.8 Å². The molecule has 1 aliphatic rings. The first-order valence-electron chi connectivity index (χ1n) is 5.18. The van der Waals surface area contributed by atoms with Crippen LogP contribution in [-0.2, 0) is 0 Å². The largest absolute Gasteiger partial charge is 0.364 e. The summed E-state index contributed by atoms with van der Waals surface area (Å²) in [5.41, 5.74) is 6.52. The van der Waals surface area contributed by atoms with E-state index in [1.807, 2.05) is 6.07 Å². The Morgan fingerprint density at radius 1 is 1.60 bits per heavy atom. The van der Waals surface area contributed by atoms with Crippen LogP contribution in [0.3, 0.4) is 0 Å². The first kappa shape index (κ1) is 10.1. The third kappa shape index (κ3) is 2.53. The Kier molecular flexibility index (Phi) is 2.68. The minimum Gasteiger partial charge on any atom is -0.364 e. The first-order chi connectivity index (χ1) is 7.16. The van der Waals surface area contributed by atoms with Gasteiger partial charge < -0.3 is 11.1 Å². The molecular formula is C11H15N3O. The average Bonchev–Trinajstić information content (AvgIpc) is 3.02. The number of rotatable bonds is 4. The van der Waals surface area contributed by atoms with Gasteiger partial charge in [0.15, 0.2) is 0 Å². The summed E-state index contributed by atoms with van der Waals surface area (Å²) in [7, 11) is 0. The first-order valence-corrected chi connectivity index (χ1v) is 5.18. The predicted octanol–water partition coefficient (Wildman–Crippen LogP) is 0.994. The Bertz CT molecular complexity index is 357. The number of carbonyl (C=O) groups is 1. The van der Waals surface area contributed by atoms with Gasteiger partial charge in [0.2, 0.25) is 0 Å². The lowest BCUT2D eigenvalue weighted by Gasteiger charge is -2.12. The second kappa shape index (κ2) is 3.98. The maximum atomic E-state index is 10.8. The van der Waals surface area contributed by atoms with Gasteiger partial charge in [-0.1, -0.05) is 6.07 Å². The van der Waals surface area contributed by atoms with Crippen molar-refractivity contribution in [1.29, 1.82) is 0 Å². The molecule has 1 aromatic heterocycles. The standard InChI is InChI=1S/C11H15N3O/c1-7(14-9-3-4-9)8-2-5-10(11(12)15)13-6-8/h2,5-7,9,14H,3-4H2,1H3,(H2,12,15). The molecule has 1 saturated carbocycles. The van der Waals surface area contributed by atoms with Gasteiger partial charge in [-0.15, -0.1) is 0 Å². The molecule has 15 heavy (non-hydrogen) atoms. The highest BCUT2D eigenvalue weighted by atomic mass is 16.1. The molecule has 3 N–H and O–H groups in total. The van der Waals surface area contributed by atoms with Gasteiger partial charge in [0, 0.05) is 18.3 Å². The molecule has 1 amide bonds. The molecule has 1 aliphatic carbocycles. The quantitative estimate of drug-likeness (QED) is 0.770. The maximum Gasteiger partial charge on any atom is 0.267 e. The second-order valence-corrected chi connectivity index (χ2v) is 4.00. The van der Waals surface area contributed by atoms with E-state index < -0.39 is 5.91 Å². The van der Waals surface area contributed by atoms with Crippen molar-refractivity contribution in [1.82, 2.24) is 10.3 Å². The van der Waals surface area contributed by atoms with Gasteiger partial charge in [-0.3, -0.25) is 9.78 Å². The Morgan fingerprint density at radius 2 is 2.33 bits per heavy atom. The van der Waals surface area contributed by atoms with E-state index in [1.54, 1.807) is 12.3 Å². The van der Waals surface area contributed by atoms with Gasteiger partial charge >= 0.3 is 0 Å². The summed E-state index contributed by atoms with van der Waals surface area (Å²) < 4.78 is 0. The molecule has 0 aliphatic heterocycles. The van der Waals surface area contributed by atoms with Crippen LogP contribution in [0.1, 0.15) is 41.9 Å². The number of nitrogens with one attached hydrogen (secondary N) is 1. The van der Waals surface area contributed by atoms with Crippen LogP contribution in [0.5, 0.6) is 0 Å². The minimum atomic E-state index is -0.482. The number of nitrogens with zero attached hydrogens (tertiary/aromatic N) is 1. The van der Waals surface area contributed by atoms with Crippen molar-refractivity contribution in [2.24, 2.45) is 5.73 Å². The molecule has 0 spiro atoms. The number of nitrogens with two attached hydrogens (primary N) is 1. The third-order valence-corrected chi connectivity index (χ3v) is 2.60. The number of aromatic nitrogens is 1. The minimum absolute atomic E-state index is 0.284. The molecule has 0 bridgehead atoms. The van der Waals surface area contributed by atoms with Crippen LogP contribution in [0.15, 0.2) is 18.3 Å². The van der Waals surface area contributed by atoms with Crippen LogP contribution in [0.25, 0.3) is 0 Å². The number of hydrogen-bond donors (Lipinski definition) is 2. The maximum absolute atomic E-state index is 10.8. The van der Waals surface area contributed by atoms with Gasteiger partial charge in [0.25, 0.3) is 5.91 Å². The zero-order valence-electron chi connectivity index (χ0n) is 8.73. The highest BCUT2D eigenvalue weighted by Gasteiger charge is 2.23. The topological polar surface area (TPSA) is 68.0 Å². The Balaban J connectivity index is 2.04. The molecule has 1 unspecified atom stereocenters. The van der Waals surface area contributed by atoms with Crippen LogP contribution < -0.4 is 11.1 Å². The molecule has 4 heteroatoms. The summed E-state index contributed by atoms with van der Waals surface area (Å²) in [4.78, 5) is 14.8. The highest BCUT2D eigenvalue weighted by Crippen LogP contribution is 2.23. The molecule has 80 valence electrons. The predicted molar refractivity (Wildman–Crippen MR) is 57.3 cm³/mol. The van der Waals surface area contributed by atoms with Gasteiger partial charge in [-0.05, 0) is 31.4 Å². The van der Waals surface area contributed by atoms with Crippen LogP contribution in [0.2, 0.25) is 0 Å². The third-order valence-electron chi connectivity index (χ3n) is 2.60. The average molecular weight is 205 g/mol. The lowest BCUT2D eigenvalue weighted by atomic mass is 10.1. The summed E-state index contributed by atoms with van der Waals surface area (Å²) in [6.07, 6.45) is 4.23. The number of carbonyl (C=O) groups excluding carboxylic acids is 1. The van der Waals surface area contributed by atoms with E-state index in [4.69, 9.17) is 5.73 Å². The fourth-order valence-electron chi connectivity index (χ4n) is 1.51. The number of amides is 1. The number of pyridine rings is 1. The lowest BCUT2D eigenvalue weighted by molar-refractivity contribution is 0.0995. The molecule has 1 fully saturated rings. The van der Waals surface area contributed by atoms with E-state index >= 15 is 0 Å². The van der Waals surface area contributed by atoms with Crippen LogP contribution in [0.4, 0.5) is 0 Å². The molecule has 1 aromatic rings. The number of hydrogen-bond acceptors (Lipinski definition) is 3. The molecule has 0 saturated heterocycles. The summed E-state index contributed by atoms with van der Waals surface area (Å²) in [5.74, 6) is -0.482. The smallest absolute Gasteiger partial charge is 0.267 e. The summed E-state index contributed by atoms with van der Waals surface area (Å²) in [6, 6.07) is 4.51. The van der Waals surface area contributed by atoms with Gasteiger partial charge in [0.05, 0.1) is 0 Å². The number of primary amides is 1. The Morgan fingerprint density at radius 3 is 2.80 bits per heavy atom. The van der Waals surface area contributed by atoms with Crippen LogP contribution in [-0.4, -0.2) is 16.9 Å². The van der Waals surface area contributed by atoms with Gasteiger partial charge in [-0.2, -0.15) is 0 Å². The van der Waals surface area contributed by atoms with Crippen LogP contribution in [0, 0.1) is 0 Å². The van der Waals surface area contributed by atoms with Crippen molar-refractivity contribution >= 4 is 5.91 Å². The van der Waals surface area contributed by atoms with Gasteiger partial charge in [0.1, 0.15) is 5.69 Å². The van der Waals surface area contributed by atoms with E-state index in [2.05, 4.69) is 17.2 Å². The second-order valence-electron chi connectivity index (χ2n) is 4.00. The van der Waals surface area contributed by atoms with Crippen molar-refractivity contribution in [3.63, 3.8) is 0 Å². The van der Waals surface area contributed by atoms with Crippen molar-refractivity contribution in [2.45, 2.75) is 31.8 Å². The van der Waals surface area contributed by atoms with E-state index in [-0.39, 0.29) is 6.04 Å². The van der Waals surface area contributed by atoms with Crippen molar-refractivity contribution < 1.29 is 4.79 Å². The summed E-state index contributed by atoms with van der Waals surface area (Å²) >= 11 is 0. The fourth-order valence-corrected chi connectivity index (χ4v) is 1.51. The lowest BCUT2D eigenvalue weighted by Crippen LogP contribution is -2.21. The SMILES string of the molecule is CC(NC1CC1)c1ccc(C(N)=O)nc1. The zero-order chi connectivity index (χ0) is 10.8. The van der Waals surface area contributed by atoms with E-state index in [0.29, 0.717) is 11.7 Å². The molecule has 2 rings (SSSR count). The molecular weight excluding hydrogens is 190 g/mol. The van der Waals surface area contributed by atoms with Crippen LogP contribution >= 0.6 is 0 Å². The Hall–Kier alpha value is -1.42. The highest BCUT2D eigenvalue weighted by molar-refractivity contribution is 5.90. The zero-order valence-corrected chi connectivity index (χ0v) is 8.73. The molecule has 0 radical (unpaired) electrons. The van der Waals surface area contributed by atoms with Crippen molar-refractivity contribution in [3.8, 4) is 0 Å².